The van der Waals surface area contributed by atoms with E-state index >= 15 is 0 Å². The van der Waals surface area contributed by atoms with Crippen LogP contribution in [0.15, 0.2) is 24.5 Å². The maximum Gasteiger partial charge on any atom is 0.154 e. The summed E-state index contributed by atoms with van der Waals surface area (Å²) in [5.74, 6) is 0.0766. The molecular formula is C15H18ClN3O2. The number of benzene rings is 1. The highest BCUT2D eigenvalue weighted by Gasteiger charge is 2.24. The number of aliphatic hydroxyl groups excluding tert-OH is 1. The van der Waals surface area contributed by atoms with E-state index in [1.807, 2.05) is 12.1 Å². The smallest absolute Gasteiger partial charge is 0.154 e. The molecule has 0 amide bonds. The van der Waals surface area contributed by atoms with Crippen molar-refractivity contribution >= 4 is 28.4 Å². The van der Waals surface area contributed by atoms with Crippen molar-refractivity contribution in [3.8, 4) is 0 Å². The first kappa shape index (κ1) is 14.5. The Morgan fingerprint density at radius 1 is 1.52 bits per heavy atom. The Balaban J connectivity index is 1.70. The van der Waals surface area contributed by atoms with E-state index in [-0.39, 0.29) is 18.4 Å². The van der Waals surface area contributed by atoms with E-state index in [2.05, 4.69) is 10.3 Å². The van der Waals surface area contributed by atoms with Crippen molar-refractivity contribution in [3.63, 3.8) is 0 Å². The van der Waals surface area contributed by atoms with Crippen LogP contribution < -0.4 is 5.32 Å². The number of piperidine rings is 1. The summed E-state index contributed by atoms with van der Waals surface area (Å²) in [6.45, 7) is 1.11. The second-order valence-corrected chi connectivity index (χ2v) is 5.95. The highest BCUT2D eigenvalue weighted by Crippen LogP contribution is 2.19. The molecule has 6 heteroatoms. The van der Waals surface area contributed by atoms with Gasteiger partial charge in [-0.05, 0) is 37.6 Å². The number of Topliss-reactive ketones (excluding diaryl/α,β-unsaturated/α-hetero) is 1. The number of fused-ring (bicyclic) bond motifs is 1. The predicted octanol–water partition coefficient (Wildman–Crippen LogP) is 1.76. The third kappa shape index (κ3) is 3.26. The second kappa shape index (κ2) is 6.13. The number of nitrogens with zero attached hydrogens (tertiary/aromatic N) is 2. The van der Waals surface area contributed by atoms with Crippen molar-refractivity contribution in [2.24, 2.45) is 0 Å². The lowest BCUT2D eigenvalue weighted by molar-refractivity contribution is -0.121. The Morgan fingerprint density at radius 3 is 3.19 bits per heavy atom. The molecule has 0 aliphatic carbocycles. The molecule has 1 aromatic carbocycles. The zero-order valence-electron chi connectivity index (χ0n) is 11.6. The van der Waals surface area contributed by atoms with Gasteiger partial charge in [0.1, 0.15) is 0 Å². The minimum Gasteiger partial charge on any atom is -0.391 e. The molecule has 1 aromatic heterocycles. The van der Waals surface area contributed by atoms with E-state index in [0.717, 1.165) is 30.4 Å². The number of hydrogen-bond acceptors (Lipinski definition) is 4. The van der Waals surface area contributed by atoms with Crippen LogP contribution in [0.1, 0.15) is 19.3 Å². The number of aliphatic hydroxyl groups is 1. The van der Waals surface area contributed by atoms with E-state index < -0.39 is 6.10 Å². The molecule has 0 unspecified atom stereocenters. The fourth-order valence-electron chi connectivity index (χ4n) is 2.80. The average Bonchev–Trinajstić information content (AvgIpc) is 2.84. The number of nitrogens with one attached hydrogen (secondary N) is 1. The van der Waals surface area contributed by atoms with Crippen LogP contribution in [0.3, 0.4) is 0 Å². The second-order valence-electron chi connectivity index (χ2n) is 5.52. The monoisotopic (exact) mass is 307 g/mol. The van der Waals surface area contributed by atoms with Gasteiger partial charge in [-0.1, -0.05) is 11.6 Å². The Kier molecular flexibility index (Phi) is 4.24. The number of ketones is 1. The summed E-state index contributed by atoms with van der Waals surface area (Å²) in [7, 11) is 0. The number of hydrogen-bond donors (Lipinski definition) is 2. The Hall–Kier alpha value is -1.43. The van der Waals surface area contributed by atoms with Gasteiger partial charge in [-0.2, -0.15) is 0 Å². The summed E-state index contributed by atoms with van der Waals surface area (Å²) in [5, 5.41) is 13.7. The molecule has 21 heavy (non-hydrogen) atoms. The molecule has 2 aromatic rings. The first-order chi connectivity index (χ1) is 10.1. The zero-order valence-corrected chi connectivity index (χ0v) is 12.4. The molecule has 1 aliphatic heterocycles. The first-order valence-electron chi connectivity index (χ1n) is 7.17. The van der Waals surface area contributed by atoms with Gasteiger partial charge in [0.15, 0.2) is 5.78 Å². The van der Waals surface area contributed by atoms with Gasteiger partial charge in [-0.15, -0.1) is 0 Å². The lowest BCUT2D eigenvalue weighted by Crippen LogP contribution is -2.46. The normalized spacial score (nSPS) is 22.6. The Bertz CT molecular complexity index is 655. The number of carbonyl (C=O) groups excluding carboxylic acids is 1. The summed E-state index contributed by atoms with van der Waals surface area (Å²) in [4.78, 5) is 16.5. The van der Waals surface area contributed by atoms with E-state index in [0.29, 0.717) is 11.4 Å². The zero-order chi connectivity index (χ0) is 14.8. The number of imidazole rings is 1. The van der Waals surface area contributed by atoms with Crippen LogP contribution in [0.5, 0.6) is 0 Å². The third-order valence-corrected chi connectivity index (χ3v) is 4.16. The van der Waals surface area contributed by atoms with Crippen molar-refractivity contribution in [1.82, 2.24) is 14.9 Å². The molecule has 0 radical (unpaired) electrons. The van der Waals surface area contributed by atoms with Crippen LogP contribution in [0.2, 0.25) is 5.02 Å². The van der Waals surface area contributed by atoms with Crippen LogP contribution in [0.25, 0.3) is 11.0 Å². The van der Waals surface area contributed by atoms with Gasteiger partial charge in [-0.25, -0.2) is 4.98 Å². The van der Waals surface area contributed by atoms with Crippen LogP contribution >= 0.6 is 11.6 Å². The van der Waals surface area contributed by atoms with E-state index in [1.165, 1.54) is 0 Å². The Morgan fingerprint density at radius 2 is 2.38 bits per heavy atom. The fourth-order valence-corrected chi connectivity index (χ4v) is 2.97. The molecule has 112 valence electrons. The SMILES string of the molecule is O=C(C[C@H]1NCCC[C@@H]1O)Cn1cnc2ccc(Cl)cc21. The molecule has 2 N–H and O–H groups in total. The minimum absolute atomic E-state index is 0.0766. The molecule has 0 spiro atoms. The highest BCUT2D eigenvalue weighted by molar-refractivity contribution is 6.31. The molecule has 5 nitrogen and oxygen atoms in total. The van der Waals surface area contributed by atoms with Gasteiger partial charge in [0.05, 0.1) is 30.0 Å². The van der Waals surface area contributed by atoms with Crippen LogP contribution in [-0.2, 0) is 11.3 Å². The summed E-state index contributed by atoms with van der Waals surface area (Å²) >= 11 is 5.99. The van der Waals surface area contributed by atoms with Gasteiger partial charge in [0, 0.05) is 17.5 Å². The van der Waals surface area contributed by atoms with Crippen LogP contribution in [0, 0.1) is 0 Å². The summed E-state index contributed by atoms with van der Waals surface area (Å²) in [6.07, 6.45) is 3.27. The molecule has 1 saturated heterocycles. The number of halogens is 1. The van der Waals surface area contributed by atoms with Crippen molar-refractivity contribution in [2.75, 3.05) is 6.54 Å². The van der Waals surface area contributed by atoms with Gasteiger partial charge >= 0.3 is 0 Å². The standard InChI is InChI=1S/C15H18ClN3O2/c16-10-3-4-12-14(6-10)19(9-18-12)8-11(20)7-13-15(21)2-1-5-17-13/h3-4,6,9,13,15,17,21H,1-2,5,7-8H2/t13-,15+/m1/s1. The quantitative estimate of drug-likeness (QED) is 0.903. The molecule has 0 saturated carbocycles. The van der Waals surface area contributed by atoms with Crippen LogP contribution in [0.4, 0.5) is 0 Å². The van der Waals surface area contributed by atoms with E-state index in [4.69, 9.17) is 11.6 Å². The minimum atomic E-state index is -0.434. The van der Waals surface area contributed by atoms with Gasteiger partial charge < -0.3 is 15.0 Å². The molecule has 1 fully saturated rings. The molecule has 0 bridgehead atoms. The maximum atomic E-state index is 12.2. The topological polar surface area (TPSA) is 67.2 Å². The Labute approximate surface area is 127 Å². The number of rotatable bonds is 4. The lowest BCUT2D eigenvalue weighted by Gasteiger charge is -2.28. The molecule has 3 rings (SSSR count). The van der Waals surface area contributed by atoms with Crippen LogP contribution in [-0.4, -0.2) is 39.1 Å². The van der Waals surface area contributed by atoms with Crippen molar-refractivity contribution in [3.05, 3.63) is 29.5 Å². The van der Waals surface area contributed by atoms with Gasteiger partial charge in [0.2, 0.25) is 0 Å². The predicted molar refractivity (Wildman–Crippen MR) is 81.4 cm³/mol. The van der Waals surface area contributed by atoms with Crippen molar-refractivity contribution in [1.29, 1.82) is 0 Å². The number of aromatic nitrogens is 2. The largest absolute Gasteiger partial charge is 0.391 e. The highest BCUT2D eigenvalue weighted by atomic mass is 35.5. The third-order valence-electron chi connectivity index (χ3n) is 3.93. The fraction of sp³-hybridized carbons (Fsp3) is 0.467. The van der Waals surface area contributed by atoms with E-state index in [1.54, 1.807) is 17.0 Å². The lowest BCUT2D eigenvalue weighted by atomic mass is 9.97. The number of carbonyl (C=O) groups is 1. The molecule has 2 heterocycles. The molecule has 2 atom stereocenters. The van der Waals surface area contributed by atoms with Gasteiger partial charge in [0.25, 0.3) is 0 Å². The van der Waals surface area contributed by atoms with Gasteiger partial charge in [-0.3, -0.25) is 4.79 Å². The van der Waals surface area contributed by atoms with E-state index in [9.17, 15) is 9.90 Å². The molecular weight excluding hydrogens is 290 g/mol. The molecule has 1 aliphatic rings. The summed E-state index contributed by atoms with van der Waals surface area (Å²) < 4.78 is 1.80. The summed E-state index contributed by atoms with van der Waals surface area (Å²) in [5.41, 5.74) is 1.68. The summed E-state index contributed by atoms with van der Waals surface area (Å²) in [6, 6.07) is 5.30. The first-order valence-corrected chi connectivity index (χ1v) is 7.55. The maximum absolute atomic E-state index is 12.2. The average molecular weight is 308 g/mol. The van der Waals surface area contributed by atoms with Crippen molar-refractivity contribution < 1.29 is 9.90 Å². The van der Waals surface area contributed by atoms with Crippen molar-refractivity contribution in [2.45, 2.75) is 38.0 Å².